The molecule has 1 fully saturated rings. The predicted octanol–water partition coefficient (Wildman–Crippen LogP) is 2.93. The van der Waals surface area contributed by atoms with E-state index in [9.17, 15) is 4.79 Å². The summed E-state index contributed by atoms with van der Waals surface area (Å²) in [4.78, 5) is 13.5. The van der Waals surface area contributed by atoms with Gasteiger partial charge in [-0.2, -0.15) is 0 Å². The third kappa shape index (κ3) is 2.92. The first kappa shape index (κ1) is 14.4. The first-order valence-electron chi connectivity index (χ1n) is 6.95. The average Bonchev–Trinajstić information content (AvgIpc) is 2.65. The Morgan fingerprint density at radius 3 is 2.55 bits per heavy atom. The van der Waals surface area contributed by atoms with Gasteiger partial charge >= 0.3 is 6.03 Å². The number of hydrogen-bond acceptors (Lipinski definition) is 3. The van der Waals surface area contributed by atoms with Crippen LogP contribution in [0.4, 0.5) is 4.79 Å². The molecule has 5 nitrogen and oxygen atoms in total. The Hall–Kier alpha value is -2.04. The van der Waals surface area contributed by atoms with Crippen LogP contribution in [-0.4, -0.2) is 29.4 Å². The molecule has 5 heteroatoms. The van der Waals surface area contributed by atoms with E-state index in [0.29, 0.717) is 6.54 Å². The zero-order valence-corrected chi connectivity index (χ0v) is 12.1. The van der Waals surface area contributed by atoms with E-state index in [0.717, 1.165) is 17.7 Å². The second kappa shape index (κ2) is 5.94. The summed E-state index contributed by atoms with van der Waals surface area (Å²) in [5.74, 6) is 1.04. The molecule has 0 bridgehead atoms. The first-order chi connectivity index (χ1) is 9.52. The van der Waals surface area contributed by atoms with Gasteiger partial charge in [-0.05, 0) is 38.0 Å². The van der Waals surface area contributed by atoms with Crippen molar-refractivity contribution >= 4 is 11.9 Å². The molecule has 0 spiro atoms. The Balaban J connectivity index is 2.20. The van der Waals surface area contributed by atoms with Crippen molar-refractivity contribution in [3.63, 3.8) is 0 Å². The van der Waals surface area contributed by atoms with Crippen LogP contribution in [0.2, 0.25) is 0 Å². The normalized spacial score (nSPS) is 18.6. The summed E-state index contributed by atoms with van der Waals surface area (Å²) in [6, 6.07) is 7.10. The average molecular weight is 275 g/mol. The van der Waals surface area contributed by atoms with Crippen molar-refractivity contribution in [2.75, 3.05) is 6.54 Å². The lowest BCUT2D eigenvalue weighted by atomic mass is 10.1. The molecule has 1 saturated heterocycles. The van der Waals surface area contributed by atoms with E-state index in [1.54, 1.807) is 4.90 Å². The van der Waals surface area contributed by atoms with E-state index >= 15 is 0 Å². The van der Waals surface area contributed by atoms with Gasteiger partial charge in [-0.25, -0.2) is 4.79 Å². The summed E-state index contributed by atoms with van der Waals surface area (Å²) in [5.41, 5.74) is 0.929. The number of carbonyl (C=O) groups excluding carboxylic acids is 1. The van der Waals surface area contributed by atoms with Gasteiger partial charge in [0.05, 0.1) is 6.10 Å². The van der Waals surface area contributed by atoms with E-state index in [4.69, 9.17) is 10.1 Å². The molecular formula is C15H21N3O2. The maximum Gasteiger partial charge on any atom is 0.323 e. The zero-order valence-electron chi connectivity index (χ0n) is 12.1. The Morgan fingerprint density at radius 2 is 2.00 bits per heavy atom. The minimum atomic E-state index is -0.310. The molecule has 1 aliphatic heterocycles. The van der Waals surface area contributed by atoms with E-state index < -0.39 is 0 Å². The van der Waals surface area contributed by atoms with Gasteiger partial charge in [0.25, 0.3) is 0 Å². The summed E-state index contributed by atoms with van der Waals surface area (Å²) in [5, 5.41) is 10.5. The monoisotopic (exact) mass is 275 g/mol. The van der Waals surface area contributed by atoms with Crippen LogP contribution in [0.15, 0.2) is 24.3 Å². The van der Waals surface area contributed by atoms with Crippen LogP contribution < -0.4 is 10.1 Å². The molecular weight excluding hydrogens is 254 g/mol. The van der Waals surface area contributed by atoms with Gasteiger partial charge in [-0.15, -0.1) is 0 Å². The van der Waals surface area contributed by atoms with Crippen LogP contribution >= 0.6 is 0 Å². The van der Waals surface area contributed by atoms with Gasteiger partial charge in [-0.1, -0.05) is 19.1 Å². The van der Waals surface area contributed by atoms with Crippen molar-refractivity contribution in [1.29, 1.82) is 5.41 Å². The fraction of sp³-hybridized carbons (Fsp3) is 0.467. The van der Waals surface area contributed by atoms with Crippen LogP contribution in [0.1, 0.15) is 38.8 Å². The number of amidine groups is 1. The highest BCUT2D eigenvalue weighted by Crippen LogP contribution is 2.27. The number of benzene rings is 1. The van der Waals surface area contributed by atoms with Gasteiger partial charge < -0.3 is 9.64 Å². The third-order valence-electron chi connectivity index (χ3n) is 3.12. The molecule has 1 unspecified atom stereocenters. The summed E-state index contributed by atoms with van der Waals surface area (Å²) in [6.45, 7) is 6.62. The topological polar surface area (TPSA) is 65.4 Å². The van der Waals surface area contributed by atoms with Gasteiger partial charge in [0, 0.05) is 6.54 Å². The van der Waals surface area contributed by atoms with Crippen LogP contribution in [0.3, 0.4) is 0 Å². The molecule has 0 saturated carbocycles. The van der Waals surface area contributed by atoms with Crippen molar-refractivity contribution in [1.82, 2.24) is 10.2 Å². The fourth-order valence-electron chi connectivity index (χ4n) is 2.35. The highest BCUT2D eigenvalue weighted by atomic mass is 16.5. The third-order valence-corrected chi connectivity index (χ3v) is 3.12. The minimum Gasteiger partial charge on any atom is -0.491 e. The standard InChI is InChI=1S/C15H21N3O2/c1-4-9-18-13(14(16)17-15(18)19)11-5-7-12(8-6-11)20-10(2)3/h5-8,10,13H,4,9H2,1-3H3,(H2,16,17,19). The van der Waals surface area contributed by atoms with Gasteiger partial charge in [0.15, 0.2) is 0 Å². The molecule has 1 aliphatic rings. The van der Waals surface area contributed by atoms with E-state index in [1.807, 2.05) is 45.0 Å². The van der Waals surface area contributed by atoms with Gasteiger partial charge in [0.2, 0.25) is 0 Å². The van der Waals surface area contributed by atoms with E-state index in [-0.39, 0.29) is 24.0 Å². The Kier molecular flexibility index (Phi) is 4.27. The largest absolute Gasteiger partial charge is 0.491 e. The number of amides is 2. The van der Waals surface area contributed by atoms with Crippen molar-refractivity contribution in [2.24, 2.45) is 0 Å². The number of ether oxygens (including phenoxy) is 1. The van der Waals surface area contributed by atoms with E-state index in [2.05, 4.69) is 5.32 Å². The smallest absolute Gasteiger partial charge is 0.323 e. The molecule has 1 aromatic carbocycles. The van der Waals surface area contributed by atoms with Crippen molar-refractivity contribution in [3.05, 3.63) is 29.8 Å². The number of nitrogens with zero attached hydrogens (tertiary/aromatic N) is 1. The fourth-order valence-corrected chi connectivity index (χ4v) is 2.35. The van der Waals surface area contributed by atoms with Gasteiger partial charge in [-0.3, -0.25) is 10.7 Å². The molecule has 0 radical (unpaired) electrons. The van der Waals surface area contributed by atoms with Crippen LogP contribution in [0.5, 0.6) is 5.75 Å². The SMILES string of the molecule is CCCN1C(=O)NC(=N)C1c1ccc(OC(C)C)cc1. The maximum atomic E-state index is 11.8. The van der Waals surface area contributed by atoms with Crippen LogP contribution in [-0.2, 0) is 0 Å². The molecule has 1 atom stereocenters. The highest BCUT2D eigenvalue weighted by Gasteiger charge is 2.35. The number of nitrogens with one attached hydrogen (secondary N) is 2. The maximum absolute atomic E-state index is 11.8. The molecule has 2 rings (SSSR count). The number of carbonyl (C=O) groups is 1. The zero-order chi connectivity index (χ0) is 14.7. The lowest BCUT2D eigenvalue weighted by Crippen LogP contribution is -2.30. The molecule has 108 valence electrons. The molecule has 1 aromatic rings. The predicted molar refractivity (Wildman–Crippen MR) is 78.2 cm³/mol. The van der Waals surface area contributed by atoms with E-state index in [1.165, 1.54) is 0 Å². The van der Waals surface area contributed by atoms with Crippen molar-refractivity contribution < 1.29 is 9.53 Å². The number of rotatable bonds is 5. The lowest BCUT2D eigenvalue weighted by Gasteiger charge is -2.22. The van der Waals surface area contributed by atoms with Crippen LogP contribution in [0.25, 0.3) is 0 Å². The summed E-state index contributed by atoms with van der Waals surface area (Å²) in [7, 11) is 0. The second-order valence-corrected chi connectivity index (χ2v) is 5.18. The molecule has 2 N–H and O–H groups in total. The van der Waals surface area contributed by atoms with Crippen molar-refractivity contribution in [2.45, 2.75) is 39.3 Å². The molecule has 1 heterocycles. The second-order valence-electron chi connectivity index (χ2n) is 5.18. The summed E-state index contributed by atoms with van der Waals surface area (Å²) in [6.07, 6.45) is 0.997. The highest BCUT2D eigenvalue weighted by molar-refractivity contribution is 6.06. The molecule has 20 heavy (non-hydrogen) atoms. The summed E-state index contributed by atoms with van der Waals surface area (Å²) < 4.78 is 5.60. The first-order valence-corrected chi connectivity index (χ1v) is 6.95. The Labute approximate surface area is 119 Å². The number of hydrogen-bond donors (Lipinski definition) is 2. The Morgan fingerprint density at radius 1 is 1.35 bits per heavy atom. The van der Waals surface area contributed by atoms with Gasteiger partial charge in [0.1, 0.15) is 17.6 Å². The van der Waals surface area contributed by atoms with Crippen LogP contribution in [0, 0.1) is 5.41 Å². The number of urea groups is 1. The molecule has 0 aromatic heterocycles. The minimum absolute atomic E-state index is 0.130. The lowest BCUT2D eigenvalue weighted by molar-refractivity contribution is 0.206. The summed E-state index contributed by atoms with van der Waals surface area (Å²) >= 11 is 0. The molecule has 2 amide bonds. The Bertz CT molecular complexity index is 496. The quantitative estimate of drug-likeness (QED) is 0.867. The van der Waals surface area contributed by atoms with Crippen molar-refractivity contribution in [3.8, 4) is 5.75 Å². The molecule has 0 aliphatic carbocycles.